The van der Waals surface area contributed by atoms with Gasteiger partial charge in [0.05, 0.1) is 0 Å². The number of benzene rings is 1. The van der Waals surface area contributed by atoms with Gasteiger partial charge in [0, 0.05) is 29.7 Å². The van der Waals surface area contributed by atoms with Crippen LogP contribution < -0.4 is 11.1 Å². The van der Waals surface area contributed by atoms with Crippen LogP contribution >= 0.6 is 15.9 Å². The summed E-state index contributed by atoms with van der Waals surface area (Å²) < 4.78 is 13.8. The van der Waals surface area contributed by atoms with Crippen molar-refractivity contribution in [3.05, 3.63) is 34.1 Å². The Morgan fingerprint density at radius 1 is 1.50 bits per heavy atom. The Morgan fingerprint density at radius 3 is 2.72 bits per heavy atom. The van der Waals surface area contributed by atoms with Crippen molar-refractivity contribution in [3.8, 4) is 0 Å². The summed E-state index contributed by atoms with van der Waals surface area (Å²) in [5.74, 6) is -0.274. The van der Waals surface area contributed by atoms with Crippen molar-refractivity contribution in [1.29, 1.82) is 0 Å². The van der Waals surface area contributed by atoms with Gasteiger partial charge >= 0.3 is 0 Å². The third kappa shape index (κ3) is 4.31. The lowest BCUT2D eigenvalue weighted by molar-refractivity contribution is 0.255. The smallest absolute Gasteiger partial charge is 0.124 e. The molecule has 102 valence electrons. The first-order valence-corrected chi connectivity index (χ1v) is 6.93. The van der Waals surface area contributed by atoms with Crippen LogP contribution in [0.1, 0.15) is 31.4 Å². The molecule has 0 saturated carbocycles. The van der Waals surface area contributed by atoms with E-state index in [2.05, 4.69) is 28.2 Å². The lowest BCUT2D eigenvalue weighted by Gasteiger charge is -2.24. The molecule has 0 amide bonds. The van der Waals surface area contributed by atoms with Gasteiger partial charge in [-0.15, -0.1) is 0 Å². The molecule has 3 nitrogen and oxygen atoms in total. The molecule has 5 heteroatoms. The van der Waals surface area contributed by atoms with Crippen LogP contribution in [0.15, 0.2) is 22.7 Å². The monoisotopic (exact) mass is 318 g/mol. The van der Waals surface area contributed by atoms with E-state index < -0.39 is 0 Å². The molecule has 18 heavy (non-hydrogen) atoms. The van der Waals surface area contributed by atoms with Gasteiger partial charge in [0.1, 0.15) is 5.82 Å². The summed E-state index contributed by atoms with van der Waals surface area (Å²) in [6.07, 6.45) is 1.60. The topological polar surface area (TPSA) is 58.3 Å². The third-order valence-corrected chi connectivity index (χ3v) is 3.67. The molecular weight excluding hydrogens is 299 g/mol. The van der Waals surface area contributed by atoms with Crippen LogP contribution in [0, 0.1) is 5.82 Å². The Hall–Kier alpha value is -0.490. The largest absolute Gasteiger partial charge is 0.396 e. The maximum atomic E-state index is 13.0. The van der Waals surface area contributed by atoms with Gasteiger partial charge in [-0.3, -0.25) is 0 Å². The molecule has 1 aromatic rings. The number of nitrogens with one attached hydrogen (secondary N) is 1. The summed E-state index contributed by atoms with van der Waals surface area (Å²) in [5.41, 5.74) is 6.71. The first-order valence-electron chi connectivity index (χ1n) is 6.14. The molecular formula is C13H20BrFN2O. The molecule has 2 unspecified atom stereocenters. The van der Waals surface area contributed by atoms with E-state index in [-0.39, 0.29) is 24.5 Å². The Morgan fingerprint density at radius 2 is 2.22 bits per heavy atom. The van der Waals surface area contributed by atoms with Crippen molar-refractivity contribution in [3.63, 3.8) is 0 Å². The SMILES string of the molecule is CCC(CCO)NC(CN)c1ccc(F)cc1Br. The standard InChI is InChI=1S/C13H20BrFN2O/c1-2-10(5-6-18)17-13(8-16)11-4-3-9(15)7-12(11)14/h3-4,7,10,13,17-18H,2,5-6,8,16H2,1H3. The van der Waals surface area contributed by atoms with E-state index in [0.29, 0.717) is 17.4 Å². The molecule has 0 fully saturated rings. The minimum Gasteiger partial charge on any atom is -0.396 e. The molecule has 0 aliphatic heterocycles. The van der Waals surface area contributed by atoms with Crippen molar-refractivity contribution < 1.29 is 9.50 Å². The van der Waals surface area contributed by atoms with Crippen molar-refractivity contribution in [2.75, 3.05) is 13.2 Å². The van der Waals surface area contributed by atoms with Crippen molar-refractivity contribution in [2.24, 2.45) is 5.73 Å². The van der Waals surface area contributed by atoms with Gasteiger partial charge in [-0.05, 0) is 30.5 Å². The molecule has 0 heterocycles. The number of hydrogen-bond acceptors (Lipinski definition) is 3. The molecule has 0 bridgehead atoms. The van der Waals surface area contributed by atoms with E-state index in [1.807, 2.05) is 0 Å². The molecule has 2 atom stereocenters. The van der Waals surface area contributed by atoms with Gasteiger partial charge < -0.3 is 16.2 Å². The summed E-state index contributed by atoms with van der Waals surface area (Å²) >= 11 is 3.35. The highest BCUT2D eigenvalue weighted by atomic mass is 79.9. The molecule has 0 aliphatic rings. The second-order valence-corrected chi connectivity index (χ2v) is 5.09. The average Bonchev–Trinajstić information content (AvgIpc) is 2.35. The van der Waals surface area contributed by atoms with Crippen LogP contribution in [0.4, 0.5) is 4.39 Å². The fourth-order valence-electron chi connectivity index (χ4n) is 1.91. The van der Waals surface area contributed by atoms with E-state index in [1.54, 1.807) is 6.07 Å². The normalized spacial score (nSPS) is 14.5. The van der Waals surface area contributed by atoms with Crippen LogP contribution in [-0.2, 0) is 0 Å². The van der Waals surface area contributed by atoms with E-state index in [4.69, 9.17) is 10.8 Å². The highest BCUT2D eigenvalue weighted by Crippen LogP contribution is 2.24. The van der Waals surface area contributed by atoms with E-state index in [9.17, 15) is 4.39 Å². The van der Waals surface area contributed by atoms with Gasteiger partial charge in [0.15, 0.2) is 0 Å². The molecule has 0 aliphatic carbocycles. The van der Waals surface area contributed by atoms with Crippen LogP contribution in [0.2, 0.25) is 0 Å². The first-order chi connectivity index (χ1) is 8.62. The van der Waals surface area contributed by atoms with Gasteiger partial charge in [0.25, 0.3) is 0 Å². The zero-order valence-corrected chi connectivity index (χ0v) is 12.1. The van der Waals surface area contributed by atoms with Crippen LogP contribution in [0.25, 0.3) is 0 Å². The first kappa shape index (κ1) is 15.6. The van der Waals surface area contributed by atoms with Gasteiger partial charge in [-0.25, -0.2) is 4.39 Å². The maximum Gasteiger partial charge on any atom is 0.124 e. The molecule has 1 rings (SSSR count). The highest BCUT2D eigenvalue weighted by molar-refractivity contribution is 9.10. The molecule has 1 aromatic carbocycles. The molecule has 4 N–H and O–H groups in total. The predicted octanol–water partition coefficient (Wildman–Crippen LogP) is 2.34. The second-order valence-electron chi connectivity index (χ2n) is 4.24. The Labute approximate surface area is 116 Å². The summed E-state index contributed by atoms with van der Waals surface area (Å²) in [6, 6.07) is 4.76. The minimum atomic E-state index is -0.274. The average molecular weight is 319 g/mol. The number of hydrogen-bond donors (Lipinski definition) is 3. The van der Waals surface area contributed by atoms with Crippen molar-refractivity contribution in [1.82, 2.24) is 5.32 Å². The maximum absolute atomic E-state index is 13.0. The molecule has 0 radical (unpaired) electrons. The van der Waals surface area contributed by atoms with E-state index in [0.717, 1.165) is 12.0 Å². The van der Waals surface area contributed by atoms with E-state index in [1.165, 1.54) is 12.1 Å². The fourth-order valence-corrected chi connectivity index (χ4v) is 2.54. The Balaban J connectivity index is 2.81. The third-order valence-electron chi connectivity index (χ3n) is 2.98. The number of aliphatic hydroxyl groups excluding tert-OH is 1. The molecule has 0 aromatic heterocycles. The minimum absolute atomic E-state index is 0.0449. The zero-order valence-electron chi connectivity index (χ0n) is 10.5. The Kier molecular flexibility index (Phi) is 6.78. The van der Waals surface area contributed by atoms with Crippen LogP contribution in [0.5, 0.6) is 0 Å². The number of nitrogens with two attached hydrogens (primary N) is 1. The molecule has 0 spiro atoms. The lowest BCUT2D eigenvalue weighted by Crippen LogP contribution is -2.37. The highest BCUT2D eigenvalue weighted by Gasteiger charge is 2.17. The quantitative estimate of drug-likeness (QED) is 0.723. The number of rotatable bonds is 7. The van der Waals surface area contributed by atoms with E-state index >= 15 is 0 Å². The predicted molar refractivity (Wildman–Crippen MR) is 74.8 cm³/mol. The fraction of sp³-hybridized carbons (Fsp3) is 0.538. The van der Waals surface area contributed by atoms with Crippen LogP contribution in [0.3, 0.4) is 0 Å². The van der Waals surface area contributed by atoms with Gasteiger partial charge in [-0.2, -0.15) is 0 Å². The number of aliphatic hydroxyl groups is 1. The zero-order chi connectivity index (χ0) is 13.5. The summed E-state index contributed by atoms with van der Waals surface area (Å²) in [4.78, 5) is 0. The van der Waals surface area contributed by atoms with Crippen molar-refractivity contribution in [2.45, 2.75) is 31.8 Å². The second kappa shape index (κ2) is 7.84. The summed E-state index contributed by atoms with van der Waals surface area (Å²) in [6.45, 7) is 2.63. The summed E-state index contributed by atoms with van der Waals surface area (Å²) in [5, 5.41) is 12.4. The van der Waals surface area contributed by atoms with Crippen molar-refractivity contribution >= 4 is 15.9 Å². The molecule has 0 saturated heterocycles. The van der Waals surface area contributed by atoms with Gasteiger partial charge in [0.2, 0.25) is 0 Å². The summed E-state index contributed by atoms with van der Waals surface area (Å²) in [7, 11) is 0. The van der Waals surface area contributed by atoms with Crippen LogP contribution in [-0.4, -0.2) is 24.3 Å². The Bertz CT molecular complexity index is 376. The van der Waals surface area contributed by atoms with Gasteiger partial charge in [-0.1, -0.05) is 28.9 Å². The lowest BCUT2D eigenvalue weighted by atomic mass is 10.0. The number of halogens is 2.